The van der Waals surface area contributed by atoms with Gasteiger partial charge in [-0.25, -0.2) is 10.5 Å². The van der Waals surface area contributed by atoms with Crippen LogP contribution in [0.3, 0.4) is 0 Å². The van der Waals surface area contributed by atoms with Crippen molar-refractivity contribution in [3.05, 3.63) is 16.1 Å². The molecule has 0 aliphatic carbocycles. The quantitative estimate of drug-likeness (QED) is 0.669. The van der Waals surface area contributed by atoms with Crippen LogP contribution in [-0.4, -0.2) is 18.0 Å². The predicted octanol–water partition coefficient (Wildman–Crippen LogP) is 0.743. The van der Waals surface area contributed by atoms with Gasteiger partial charge in [0.1, 0.15) is 4.88 Å². The Morgan fingerprint density at radius 2 is 2.55 bits per heavy atom. The predicted molar refractivity (Wildman–Crippen MR) is 41.3 cm³/mol. The van der Waals surface area contributed by atoms with E-state index in [-0.39, 0.29) is 5.91 Å². The molecule has 1 aromatic heterocycles. The summed E-state index contributed by atoms with van der Waals surface area (Å²) in [5.41, 5.74) is 4.57. The molecule has 0 aliphatic heterocycles. The second-order valence-electron chi connectivity index (χ2n) is 1.90. The summed E-state index contributed by atoms with van der Waals surface area (Å²) in [6, 6.07) is 0. The number of hydroxylamine groups is 1. The van der Waals surface area contributed by atoms with Crippen molar-refractivity contribution in [3.8, 4) is 0 Å². The van der Waals surface area contributed by atoms with Gasteiger partial charge in [-0.3, -0.25) is 9.63 Å². The molecule has 5 heteroatoms. The molecule has 1 amide bonds. The van der Waals surface area contributed by atoms with Gasteiger partial charge in [0.2, 0.25) is 0 Å². The van der Waals surface area contributed by atoms with Gasteiger partial charge in [-0.2, -0.15) is 0 Å². The van der Waals surface area contributed by atoms with Crippen LogP contribution in [-0.2, 0) is 4.84 Å². The van der Waals surface area contributed by atoms with Crippen LogP contribution in [0.5, 0.6) is 0 Å². The second kappa shape index (κ2) is 3.45. The highest BCUT2D eigenvalue weighted by Gasteiger charge is 2.09. The first-order valence-corrected chi connectivity index (χ1v) is 3.87. The number of hydrogen-bond acceptors (Lipinski definition) is 4. The molecule has 0 fully saturated rings. The number of carbonyl (C=O) groups is 1. The molecule has 0 atom stereocenters. The van der Waals surface area contributed by atoms with Crippen molar-refractivity contribution in [2.45, 2.75) is 6.92 Å². The number of nitrogens with zero attached hydrogens (tertiary/aromatic N) is 1. The van der Waals surface area contributed by atoms with Crippen LogP contribution in [0, 0.1) is 6.92 Å². The molecule has 0 spiro atoms. The molecule has 60 valence electrons. The minimum absolute atomic E-state index is 0.243. The average Bonchev–Trinajstić information content (AvgIpc) is 2.36. The molecular weight excluding hydrogens is 164 g/mol. The summed E-state index contributed by atoms with van der Waals surface area (Å²) >= 11 is 1.29. The lowest BCUT2D eigenvalue weighted by Gasteiger charge is -1.97. The molecule has 1 aromatic rings. The second-order valence-corrected chi connectivity index (χ2v) is 2.76. The van der Waals surface area contributed by atoms with Crippen LogP contribution in [0.15, 0.2) is 5.51 Å². The first-order chi connectivity index (χ1) is 5.25. The third-order valence-electron chi connectivity index (χ3n) is 1.15. The molecule has 4 nitrogen and oxygen atoms in total. The van der Waals surface area contributed by atoms with E-state index < -0.39 is 0 Å². The van der Waals surface area contributed by atoms with Crippen LogP contribution in [0.2, 0.25) is 0 Å². The summed E-state index contributed by atoms with van der Waals surface area (Å²) in [6.07, 6.45) is 0. The molecule has 0 aliphatic rings. The fourth-order valence-electron chi connectivity index (χ4n) is 0.659. The zero-order valence-electron chi connectivity index (χ0n) is 6.25. The van der Waals surface area contributed by atoms with E-state index >= 15 is 0 Å². The van der Waals surface area contributed by atoms with E-state index in [1.807, 2.05) is 0 Å². The fraction of sp³-hybridized carbons (Fsp3) is 0.333. The highest BCUT2D eigenvalue weighted by atomic mass is 32.1. The van der Waals surface area contributed by atoms with Gasteiger partial charge in [-0.05, 0) is 6.92 Å². The minimum atomic E-state index is -0.243. The molecule has 1 heterocycles. The largest absolute Gasteiger partial charge is 0.286 e. The topological polar surface area (TPSA) is 51.2 Å². The molecule has 11 heavy (non-hydrogen) atoms. The Balaban J connectivity index is 2.76. The highest BCUT2D eigenvalue weighted by Crippen LogP contribution is 2.10. The van der Waals surface area contributed by atoms with Gasteiger partial charge in [-0.15, -0.1) is 11.3 Å². The zero-order valence-corrected chi connectivity index (χ0v) is 7.07. The fourth-order valence-corrected chi connectivity index (χ4v) is 1.35. The Labute approximate surface area is 68.2 Å². The number of thiazole rings is 1. The first-order valence-electron chi connectivity index (χ1n) is 2.99. The van der Waals surface area contributed by atoms with Gasteiger partial charge in [-0.1, -0.05) is 0 Å². The summed E-state index contributed by atoms with van der Waals surface area (Å²) in [4.78, 5) is 20.0. The summed E-state index contributed by atoms with van der Waals surface area (Å²) < 4.78 is 0. The number of rotatable bonds is 2. The van der Waals surface area contributed by atoms with E-state index in [2.05, 4.69) is 15.3 Å². The summed E-state index contributed by atoms with van der Waals surface area (Å²) in [6.45, 7) is 1.78. The van der Waals surface area contributed by atoms with Gasteiger partial charge < -0.3 is 0 Å². The first kappa shape index (κ1) is 8.16. The number of aromatic nitrogens is 1. The van der Waals surface area contributed by atoms with Gasteiger partial charge in [0.15, 0.2) is 0 Å². The van der Waals surface area contributed by atoms with Crippen LogP contribution < -0.4 is 5.48 Å². The maximum Gasteiger partial charge on any atom is 0.286 e. The van der Waals surface area contributed by atoms with E-state index in [0.717, 1.165) is 5.69 Å². The summed E-state index contributed by atoms with van der Waals surface area (Å²) in [5, 5.41) is 0. The molecule has 0 saturated carbocycles. The van der Waals surface area contributed by atoms with Crippen molar-refractivity contribution in [1.29, 1.82) is 0 Å². The lowest BCUT2D eigenvalue weighted by atomic mass is 10.4. The number of hydrogen-bond donors (Lipinski definition) is 1. The van der Waals surface area contributed by atoms with Crippen molar-refractivity contribution in [2.24, 2.45) is 0 Å². The van der Waals surface area contributed by atoms with Crippen LogP contribution in [0.25, 0.3) is 0 Å². The van der Waals surface area contributed by atoms with Crippen molar-refractivity contribution in [1.82, 2.24) is 10.5 Å². The maximum absolute atomic E-state index is 11.1. The van der Waals surface area contributed by atoms with Gasteiger partial charge in [0.25, 0.3) is 5.91 Å². The van der Waals surface area contributed by atoms with E-state index in [9.17, 15) is 4.79 Å². The number of nitrogens with one attached hydrogen (secondary N) is 1. The SMILES string of the molecule is CONC(=O)c1scnc1C. The third-order valence-corrected chi connectivity index (χ3v) is 2.07. The Morgan fingerprint density at radius 3 is 3.00 bits per heavy atom. The summed E-state index contributed by atoms with van der Waals surface area (Å²) in [5.74, 6) is -0.243. The van der Waals surface area contributed by atoms with Crippen molar-refractivity contribution < 1.29 is 9.63 Å². The Bertz CT molecular complexity index is 259. The maximum atomic E-state index is 11.1. The monoisotopic (exact) mass is 172 g/mol. The van der Waals surface area contributed by atoms with Crippen molar-refractivity contribution >= 4 is 17.2 Å². The molecule has 1 N–H and O–H groups in total. The molecule has 0 aromatic carbocycles. The van der Waals surface area contributed by atoms with Crippen molar-refractivity contribution in [3.63, 3.8) is 0 Å². The molecule has 0 unspecified atom stereocenters. The summed E-state index contributed by atoms with van der Waals surface area (Å²) in [7, 11) is 1.40. The van der Waals surface area contributed by atoms with Gasteiger partial charge in [0, 0.05) is 0 Å². The number of carbonyl (C=O) groups excluding carboxylic acids is 1. The minimum Gasteiger partial charge on any atom is -0.277 e. The average molecular weight is 172 g/mol. The molecular formula is C6H8N2O2S. The Hall–Kier alpha value is -0.940. The molecule has 0 bridgehead atoms. The van der Waals surface area contributed by atoms with Gasteiger partial charge >= 0.3 is 0 Å². The smallest absolute Gasteiger partial charge is 0.277 e. The Kier molecular flexibility index (Phi) is 2.56. The van der Waals surface area contributed by atoms with E-state index in [1.165, 1.54) is 18.4 Å². The third kappa shape index (κ3) is 1.75. The van der Waals surface area contributed by atoms with Gasteiger partial charge in [0.05, 0.1) is 18.3 Å². The zero-order chi connectivity index (χ0) is 8.27. The molecule has 0 saturated heterocycles. The Morgan fingerprint density at radius 1 is 1.82 bits per heavy atom. The van der Waals surface area contributed by atoms with E-state index in [1.54, 1.807) is 12.4 Å². The molecule has 0 radical (unpaired) electrons. The van der Waals surface area contributed by atoms with Crippen molar-refractivity contribution in [2.75, 3.05) is 7.11 Å². The lowest BCUT2D eigenvalue weighted by Crippen LogP contribution is -2.21. The van der Waals surface area contributed by atoms with E-state index in [0.29, 0.717) is 4.88 Å². The lowest BCUT2D eigenvalue weighted by molar-refractivity contribution is 0.0541. The van der Waals surface area contributed by atoms with Crippen LogP contribution >= 0.6 is 11.3 Å². The number of aryl methyl sites for hydroxylation is 1. The van der Waals surface area contributed by atoms with Crippen LogP contribution in [0.4, 0.5) is 0 Å². The van der Waals surface area contributed by atoms with Crippen LogP contribution in [0.1, 0.15) is 15.4 Å². The van der Waals surface area contributed by atoms with E-state index in [4.69, 9.17) is 0 Å². The normalized spacial score (nSPS) is 9.64. The molecule has 1 rings (SSSR count). The number of amides is 1. The standard InChI is InChI=1S/C6H8N2O2S/c1-4-5(11-3-7-4)6(9)8-10-2/h3H,1-2H3,(H,8,9). The highest BCUT2D eigenvalue weighted by molar-refractivity contribution is 7.11.